The molecule has 38 heavy (non-hydrogen) atoms. The molecular weight excluding hydrogens is 498 g/mol. The molecule has 2 heterocycles. The molecule has 6 nitrogen and oxygen atoms in total. The lowest BCUT2D eigenvalue weighted by Crippen LogP contribution is -2.46. The van der Waals surface area contributed by atoms with Crippen LogP contribution < -0.4 is 0 Å². The van der Waals surface area contributed by atoms with Crippen molar-refractivity contribution in [3.63, 3.8) is 0 Å². The summed E-state index contributed by atoms with van der Waals surface area (Å²) >= 11 is 1.63. The van der Waals surface area contributed by atoms with Crippen molar-refractivity contribution >= 4 is 33.3 Å². The molecule has 0 unspecified atom stereocenters. The second-order valence-corrected chi connectivity index (χ2v) is 12.9. The van der Waals surface area contributed by atoms with Gasteiger partial charge in [0.25, 0.3) is 0 Å². The van der Waals surface area contributed by atoms with Gasteiger partial charge in [-0.05, 0) is 63.1 Å². The summed E-state index contributed by atoms with van der Waals surface area (Å²) in [6.45, 7) is 11.5. The number of Topliss-reactive ketones (excluding diaryl/α,β-unsaturated/α-hetero) is 1. The van der Waals surface area contributed by atoms with Crippen molar-refractivity contribution in [2.24, 2.45) is 17.3 Å². The Hall–Kier alpha value is -2.09. The van der Waals surface area contributed by atoms with Gasteiger partial charge in [0.2, 0.25) is 0 Å². The van der Waals surface area contributed by atoms with E-state index in [0.29, 0.717) is 12.8 Å². The van der Waals surface area contributed by atoms with Gasteiger partial charge in [-0.25, -0.2) is 4.98 Å². The summed E-state index contributed by atoms with van der Waals surface area (Å²) in [4.78, 5) is 31.4. The number of carbonyl (C=O) groups excluding carboxylic acids is 2. The van der Waals surface area contributed by atoms with Crippen molar-refractivity contribution in [1.82, 2.24) is 4.98 Å². The van der Waals surface area contributed by atoms with Crippen LogP contribution in [0.4, 0.5) is 0 Å². The Balaban J connectivity index is 1.92. The van der Waals surface area contributed by atoms with E-state index in [2.05, 4.69) is 24.9 Å². The van der Waals surface area contributed by atoms with Crippen LogP contribution in [0.25, 0.3) is 10.2 Å². The van der Waals surface area contributed by atoms with Gasteiger partial charge in [-0.15, -0.1) is 11.3 Å². The summed E-state index contributed by atoms with van der Waals surface area (Å²) in [5.41, 5.74) is 1.75. The monoisotopic (exact) mass is 543 g/mol. The fourth-order valence-electron chi connectivity index (χ4n) is 5.34. The number of aliphatic hydroxyl groups is 2. The maximum absolute atomic E-state index is 13.7. The van der Waals surface area contributed by atoms with Crippen LogP contribution in [0.15, 0.2) is 29.8 Å². The molecule has 1 aromatic carbocycles. The topological polar surface area (TPSA) is 96.7 Å². The van der Waals surface area contributed by atoms with Crippen molar-refractivity contribution < 1.29 is 24.5 Å². The van der Waals surface area contributed by atoms with Gasteiger partial charge < -0.3 is 14.9 Å². The summed E-state index contributed by atoms with van der Waals surface area (Å²) in [5, 5.41) is 23.3. The van der Waals surface area contributed by atoms with E-state index in [4.69, 9.17) is 4.74 Å². The molecular formula is C31H45NO5S. The lowest BCUT2D eigenvalue weighted by Gasteiger charge is -2.36. The minimum absolute atomic E-state index is 0.0412. The lowest BCUT2D eigenvalue weighted by molar-refractivity contribution is -0.156. The molecule has 0 aliphatic carbocycles. The summed E-state index contributed by atoms with van der Waals surface area (Å²) in [5.74, 6) is -1.35. The Bertz CT molecular complexity index is 1140. The molecule has 0 amide bonds. The molecule has 0 spiro atoms. The number of nitrogens with zero attached hydrogens (tertiary/aromatic N) is 1. The molecule has 0 radical (unpaired) electrons. The van der Waals surface area contributed by atoms with E-state index in [1.807, 2.05) is 32.0 Å². The van der Waals surface area contributed by atoms with Gasteiger partial charge >= 0.3 is 5.97 Å². The Kier molecular flexibility index (Phi) is 10.7. The maximum atomic E-state index is 13.7. The first-order valence-electron chi connectivity index (χ1n) is 14.1. The largest absolute Gasteiger partial charge is 0.457 e. The second kappa shape index (κ2) is 13.3. The number of hydrogen-bond acceptors (Lipinski definition) is 7. The summed E-state index contributed by atoms with van der Waals surface area (Å²) < 4.78 is 7.03. The number of hydrogen-bond donors (Lipinski definition) is 2. The van der Waals surface area contributed by atoms with Crippen LogP contribution in [0.5, 0.6) is 0 Å². The summed E-state index contributed by atoms with van der Waals surface area (Å²) in [6, 6.07) is 5.97. The van der Waals surface area contributed by atoms with E-state index in [1.54, 1.807) is 25.2 Å². The van der Waals surface area contributed by atoms with E-state index in [1.165, 1.54) is 5.57 Å². The smallest absolute Gasteiger partial charge is 0.309 e. The number of ketones is 1. The van der Waals surface area contributed by atoms with Gasteiger partial charge in [-0.3, -0.25) is 9.59 Å². The lowest BCUT2D eigenvalue weighted by atomic mass is 9.71. The van der Waals surface area contributed by atoms with Crippen LogP contribution in [0.2, 0.25) is 0 Å². The molecule has 2 aromatic rings. The standard InChI is InChI=1S/C31H45NO5S/c1-7-8-12-23-29(35)20(3)11-9-10-19(2)13-15-25(22-14-16-26-24(17-22)32-21(4)38-26)37-28(34)18-27(33)31(5,6)30(23)36/h13-14,16-17,20,23,25,27,29,33,35H,7-12,15,18H2,1-6H3/t20-,23+,25-,27-,29-/m0/s1. The fourth-order valence-corrected chi connectivity index (χ4v) is 6.14. The Morgan fingerprint density at radius 3 is 2.63 bits per heavy atom. The number of thiazole rings is 1. The van der Waals surface area contributed by atoms with Crippen LogP contribution >= 0.6 is 11.3 Å². The van der Waals surface area contributed by atoms with E-state index in [-0.39, 0.29) is 18.1 Å². The van der Waals surface area contributed by atoms with Gasteiger partial charge in [0.05, 0.1) is 39.3 Å². The second-order valence-electron chi connectivity index (χ2n) is 11.6. The highest BCUT2D eigenvalue weighted by molar-refractivity contribution is 7.18. The number of esters is 1. The first-order valence-corrected chi connectivity index (χ1v) is 14.9. The van der Waals surface area contributed by atoms with Crippen molar-refractivity contribution in [2.75, 3.05) is 0 Å². The number of carbonyl (C=O) groups is 2. The number of aliphatic hydroxyl groups excluding tert-OH is 2. The highest BCUT2D eigenvalue weighted by atomic mass is 32.1. The van der Waals surface area contributed by atoms with Crippen LogP contribution in [-0.4, -0.2) is 39.2 Å². The van der Waals surface area contributed by atoms with E-state index >= 15 is 0 Å². The maximum Gasteiger partial charge on any atom is 0.309 e. The van der Waals surface area contributed by atoms with Crippen LogP contribution in [-0.2, 0) is 14.3 Å². The molecule has 7 heteroatoms. The minimum Gasteiger partial charge on any atom is -0.457 e. The number of benzene rings is 1. The number of fused-ring (bicyclic) bond motifs is 1. The third-order valence-corrected chi connectivity index (χ3v) is 9.06. The average molecular weight is 544 g/mol. The molecule has 0 bridgehead atoms. The Morgan fingerprint density at radius 1 is 1.18 bits per heavy atom. The molecule has 1 aromatic heterocycles. The average Bonchev–Trinajstić information content (AvgIpc) is 3.24. The zero-order valence-corrected chi connectivity index (χ0v) is 24.6. The van der Waals surface area contributed by atoms with Gasteiger partial charge in [0.1, 0.15) is 11.9 Å². The third kappa shape index (κ3) is 7.51. The first-order chi connectivity index (χ1) is 17.9. The molecule has 1 aliphatic heterocycles. The number of allylic oxidation sites excluding steroid dienone is 1. The van der Waals surface area contributed by atoms with Crippen LogP contribution in [0.3, 0.4) is 0 Å². The van der Waals surface area contributed by atoms with Gasteiger partial charge in [0.15, 0.2) is 0 Å². The Labute approximate surface area is 231 Å². The number of aryl methyl sites for hydroxylation is 1. The molecule has 5 atom stereocenters. The summed E-state index contributed by atoms with van der Waals surface area (Å²) in [6.07, 6.45) is 4.72. The molecule has 0 saturated carbocycles. The number of cyclic esters (lactones) is 1. The highest BCUT2D eigenvalue weighted by Gasteiger charge is 2.43. The van der Waals surface area contributed by atoms with Crippen molar-refractivity contribution in [3.05, 3.63) is 40.4 Å². The first kappa shape index (κ1) is 30.5. The molecule has 2 N–H and O–H groups in total. The predicted octanol–water partition coefficient (Wildman–Crippen LogP) is 6.86. The number of rotatable bonds is 4. The van der Waals surface area contributed by atoms with Crippen LogP contribution in [0, 0.1) is 24.2 Å². The van der Waals surface area contributed by atoms with E-state index in [9.17, 15) is 19.8 Å². The molecule has 1 aliphatic rings. The van der Waals surface area contributed by atoms with Crippen molar-refractivity contribution in [3.8, 4) is 0 Å². The molecule has 210 valence electrons. The predicted molar refractivity (Wildman–Crippen MR) is 153 cm³/mol. The quantitative estimate of drug-likeness (QED) is 0.323. The number of unbranched alkanes of at least 4 members (excludes halogenated alkanes) is 1. The Morgan fingerprint density at radius 2 is 1.92 bits per heavy atom. The zero-order valence-electron chi connectivity index (χ0n) is 23.8. The highest BCUT2D eigenvalue weighted by Crippen LogP contribution is 2.36. The minimum atomic E-state index is -1.22. The van der Waals surface area contributed by atoms with Gasteiger partial charge in [-0.2, -0.15) is 0 Å². The number of ether oxygens (including phenoxy) is 1. The molecule has 0 fully saturated rings. The third-order valence-electron chi connectivity index (χ3n) is 8.10. The molecule has 3 rings (SSSR count). The molecule has 0 saturated heterocycles. The van der Waals surface area contributed by atoms with E-state index in [0.717, 1.165) is 52.9 Å². The van der Waals surface area contributed by atoms with Gasteiger partial charge in [0, 0.05) is 12.3 Å². The fraction of sp³-hybridized carbons (Fsp3) is 0.645. The SMILES string of the molecule is CCCC[C@H]1C(=O)C(C)(C)[C@@H](O)CC(=O)O[C@H](c2ccc3sc(C)nc3c2)CC=C(C)CCC[C@H](C)[C@@H]1O. The normalized spacial score (nSPS) is 28.2. The zero-order chi connectivity index (χ0) is 28.0. The van der Waals surface area contributed by atoms with Crippen LogP contribution in [0.1, 0.15) is 103 Å². The number of aromatic nitrogens is 1. The van der Waals surface area contributed by atoms with Crippen molar-refractivity contribution in [2.45, 2.75) is 111 Å². The van der Waals surface area contributed by atoms with E-state index < -0.39 is 35.6 Å². The van der Waals surface area contributed by atoms with Crippen molar-refractivity contribution in [1.29, 1.82) is 0 Å². The van der Waals surface area contributed by atoms with Gasteiger partial charge in [-0.1, -0.05) is 58.3 Å². The summed E-state index contributed by atoms with van der Waals surface area (Å²) in [7, 11) is 0.